The molecule has 0 aliphatic rings. The van der Waals surface area contributed by atoms with E-state index in [1.165, 1.54) is 7.11 Å². The van der Waals surface area contributed by atoms with Crippen LogP contribution in [0.5, 0.6) is 0 Å². The van der Waals surface area contributed by atoms with Gasteiger partial charge in [0.05, 0.1) is 12.7 Å². The second kappa shape index (κ2) is 15.5. The fourth-order valence-electron chi connectivity index (χ4n) is 0.144. The molecular weight excluding hydrogens is 240 g/mol. The number of hydrogen-bond acceptors (Lipinski definition) is 3. The summed E-state index contributed by atoms with van der Waals surface area (Å²) in [5, 5.41) is 0. The third kappa shape index (κ3) is 100. The van der Waals surface area contributed by atoms with E-state index in [1.54, 1.807) is 14.0 Å². The molecule has 0 radical (unpaired) electrons. The van der Waals surface area contributed by atoms with Crippen molar-refractivity contribution in [3.05, 3.63) is 0 Å². The maximum absolute atomic E-state index is 9.96. The first kappa shape index (κ1) is 31.0. The van der Waals surface area contributed by atoms with E-state index < -0.39 is 0 Å². The van der Waals surface area contributed by atoms with Gasteiger partial charge in [-0.25, -0.2) is 0 Å². The molecule has 0 aromatic carbocycles. The fraction of sp³-hybridized carbons (Fsp3) is 0.938. The predicted octanol–water partition coefficient (Wildman–Crippen LogP) is 5.33. The molecule has 0 N–H and O–H groups in total. The topological polar surface area (TPSA) is 35.5 Å². The average Bonchev–Trinajstić information content (AvgIpc) is 2.14. The molecule has 0 saturated carbocycles. The van der Waals surface area contributed by atoms with Crippen LogP contribution >= 0.6 is 0 Å². The summed E-state index contributed by atoms with van der Waals surface area (Å²) in [5.74, 6) is -0.157. The first-order valence-corrected chi connectivity index (χ1v) is 5.99. The Morgan fingerprint density at radius 2 is 1.11 bits per heavy atom. The lowest BCUT2D eigenvalue weighted by atomic mass is 10.0. The summed E-state index contributed by atoms with van der Waals surface area (Å²) in [6.45, 7) is 16.6. The highest BCUT2D eigenvalue weighted by molar-refractivity contribution is 5.68. The molecule has 0 heterocycles. The van der Waals surface area contributed by atoms with E-state index in [2.05, 4.69) is 32.4 Å². The first-order valence-electron chi connectivity index (χ1n) is 5.99. The molecule has 0 spiro atoms. The van der Waals surface area contributed by atoms with Crippen LogP contribution in [0, 0.1) is 5.41 Å². The van der Waals surface area contributed by atoms with Crippen LogP contribution in [0.3, 0.4) is 0 Å². The molecule has 0 fully saturated rings. The molecule has 0 aliphatic carbocycles. The molecule has 0 aromatic heterocycles. The zero-order chi connectivity index (χ0) is 14.7. The summed E-state index contributed by atoms with van der Waals surface area (Å²) in [4.78, 5) is 9.96. The third-order valence-electron chi connectivity index (χ3n) is 1.13. The summed E-state index contributed by atoms with van der Waals surface area (Å²) in [5.41, 5.74) is 0.542. The SMILES string of the molecule is C.C.CC(C)(C)C.CCC(=O)OC.COC(C)(C)C. The molecule has 19 heavy (non-hydrogen) atoms. The summed E-state index contributed by atoms with van der Waals surface area (Å²) >= 11 is 0. The Morgan fingerprint density at radius 1 is 0.895 bits per heavy atom. The molecule has 122 valence electrons. The van der Waals surface area contributed by atoms with Crippen LogP contribution in [0.15, 0.2) is 0 Å². The van der Waals surface area contributed by atoms with Crippen LogP contribution in [0.2, 0.25) is 0 Å². The molecular formula is C16H40O3. The summed E-state index contributed by atoms with van der Waals surface area (Å²) < 4.78 is 9.20. The van der Waals surface area contributed by atoms with Crippen molar-refractivity contribution in [2.24, 2.45) is 5.41 Å². The van der Waals surface area contributed by atoms with Crippen LogP contribution in [0.4, 0.5) is 0 Å². The van der Waals surface area contributed by atoms with E-state index in [1.807, 2.05) is 20.8 Å². The lowest BCUT2D eigenvalue weighted by Gasteiger charge is -2.14. The van der Waals surface area contributed by atoms with Gasteiger partial charge in [-0.05, 0) is 26.2 Å². The van der Waals surface area contributed by atoms with E-state index in [9.17, 15) is 4.79 Å². The van der Waals surface area contributed by atoms with Gasteiger partial charge in [-0.2, -0.15) is 0 Å². The van der Waals surface area contributed by atoms with Gasteiger partial charge in [0, 0.05) is 13.5 Å². The lowest BCUT2D eigenvalue weighted by molar-refractivity contribution is -0.140. The van der Waals surface area contributed by atoms with Gasteiger partial charge in [0.25, 0.3) is 0 Å². The van der Waals surface area contributed by atoms with Crippen molar-refractivity contribution < 1.29 is 14.3 Å². The number of methoxy groups -OCH3 is 2. The summed E-state index contributed by atoms with van der Waals surface area (Å²) in [7, 11) is 3.09. The van der Waals surface area contributed by atoms with Gasteiger partial charge in [-0.1, -0.05) is 49.5 Å². The highest BCUT2D eigenvalue weighted by Crippen LogP contribution is 2.08. The molecule has 0 amide bonds. The Bertz CT molecular complexity index is 161. The van der Waals surface area contributed by atoms with Gasteiger partial charge >= 0.3 is 5.97 Å². The van der Waals surface area contributed by atoms with E-state index >= 15 is 0 Å². The van der Waals surface area contributed by atoms with Crippen molar-refractivity contribution in [3.8, 4) is 0 Å². The van der Waals surface area contributed by atoms with Crippen molar-refractivity contribution in [1.29, 1.82) is 0 Å². The lowest BCUT2D eigenvalue weighted by Crippen LogP contribution is -2.15. The fourth-order valence-corrected chi connectivity index (χ4v) is 0.144. The Hall–Kier alpha value is -0.570. The zero-order valence-corrected chi connectivity index (χ0v) is 13.4. The van der Waals surface area contributed by atoms with Crippen molar-refractivity contribution in [2.75, 3.05) is 14.2 Å². The molecule has 0 rings (SSSR count). The molecule has 0 aliphatic heterocycles. The van der Waals surface area contributed by atoms with Gasteiger partial charge in [0.1, 0.15) is 0 Å². The van der Waals surface area contributed by atoms with E-state index in [4.69, 9.17) is 4.74 Å². The summed E-state index contributed by atoms with van der Waals surface area (Å²) in [6, 6.07) is 0. The molecule has 3 heteroatoms. The molecule has 3 nitrogen and oxygen atoms in total. The van der Waals surface area contributed by atoms with Crippen molar-refractivity contribution in [3.63, 3.8) is 0 Å². The quantitative estimate of drug-likeness (QED) is 0.609. The maximum atomic E-state index is 9.96. The largest absolute Gasteiger partial charge is 0.469 e. The third-order valence-corrected chi connectivity index (χ3v) is 1.13. The van der Waals surface area contributed by atoms with Crippen LogP contribution in [0.25, 0.3) is 0 Å². The summed E-state index contributed by atoms with van der Waals surface area (Å²) in [6.07, 6.45) is 0.469. The number of esters is 1. The molecule has 0 saturated heterocycles. The number of ether oxygens (including phenoxy) is 2. The highest BCUT2D eigenvalue weighted by atomic mass is 16.5. The number of hydrogen-bond donors (Lipinski definition) is 0. The predicted molar refractivity (Wildman–Crippen MR) is 87.7 cm³/mol. The van der Waals surface area contributed by atoms with E-state index in [0.717, 1.165) is 0 Å². The van der Waals surface area contributed by atoms with Gasteiger partial charge in [-0.15, -0.1) is 0 Å². The minimum atomic E-state index is -0.157. The van der Waals surface area contributed by atoms with Crippen LogP contribution in [-0.2, 0) is 14.3 Å². The van der Waals surface area contributed by atoms with Crippen LogP contribution in [0.1, 0.15) is 76.7 Å². The standard InChI is InChI=1S/C5H12O.C5H12.C4H8O2.2CH4/c1-5(2,3)6-4;1-5(2,3)4;1-3-4(5)6-2;;/h1-4H3;1-4H3;3H2,1-2H3;2*1H4. The second-order valence-electron chi connectivity index (χ2n) is 6.25. The monoisotopic (exact) mass is 280 g/mol. The van der Waals surface area contributed by atoms with Crippen LogP contribution < -0.4 is 0 Å². The zero-order valence-electron chi connectivity index (χ0n) is 13.4. The molecule has 0 atom stereocenters. The number of carbonyl (C=O) groups excluding carboxylic acids is 1. The van der Waals surface area contributed by atoms with Crippen LogP contribution in [-0.4, -0.2) is 25.8 Å². The number of carbonyl (C=O) groups is 1. The van der Waals surface area contributed by atoms with Crippen molar-refractivity contribution in [1.82, 2.24) is 0 Å². The smallest absolute Gasteiger partial charge is 0.305 e. The van der Waals surface area contributed by atoms with Gasteiger partial charge < -0.3 is 9.47 Å². The van der Waals surface area contributed by atoms with Crippen molar-refractivity contribution >= 4 is 5.97 Å². The molecule has 0 bridgehead atoms. The minimum Gasteiger partial charge on any atom is -0.469 e. The van der Waals surface area contributed by atoms with Gasteiger partial charge in [0.15, 0.2) is 0 Å². The first-order chi connectivity index (χ1) is 7.37. The maximum Gasteiger partial charge on any atom is 0.305 e. The minimum absolute atomic E-state index is 0. The Balaban J connectivity index is -0.0000000492. The Morgan fingerprint density at radius 3 is 1.11 bits per heavy atom. The van der Waals surface area contributed by atoms with Crippen molar-refractivity contribution in [2.45, 2.75) is 82.3 Å². The number of rotatable bonds is 1. The van der Waals surface area contributed by atoms with E-state index in [-0.39, 0.29) is 26.4 Å². The second-order valence-corrected chi connectivity index (χ2v) is 6.25. The highest BCUT2D eigenvalue weighted by Gasteiger charge is 2.04. The Kier molecular flexibility index (Phi) is 25.3. The molecule has 0 unspecified atom stereocenters. The Labute approximate surface area is 123 Å². The van der Waals surface area contributed by atoms with Gasteiger partial charge in [0.2, 0.25) is 0 Å². The van der Waals surface area contributed by atoms with Gasteiger partial charge in [-0.3, -0.25) is 4.79 Å². The average molecular weight is 280 g/mol. The molecule has 0 aromatic rings. The van der Waals surface area contributed by atoms with E-state index in [0.29, 0.717) is 11.8 Å². The normalized spacial score (nSPS) is 9.37.